The maximum Gasteiger partial charge on any atom is 0.229 e. The number of amides is 2. The molecule has 4 rings (SSSR count). The highest BCUT2D eigenvalue weighted by atomic mass is 35.5. The molecular formula is C22H22ClN3O2. The standard InChI is InChI=1S/C22H22ClN3O2/c23-17-6-3-7-18(12-17)25-22(28)15-5-4-10-26(14-15)21(27)11-16-13-24-20-9-2-1-8-19(16)20/h1-3,6-9,12-13,15,24H,4-5,10-11,14H2,(H,25,28)/t15-/m0/s1. The van der Waals surface area contributed by atoms with E-state index in [-0.39, 0.29) is 17.7 Å². The van der Waals surface area contributed by atoms with Gasteiger partial charge in [-0.25, -0.2) is 0 Å². The number of aromatic nitrogens is 1. The van der Waals surface area contributed by atoms with Gasteiger partial charge in [0.25, 0.3) is 0 Å². The normalized spacial score (nSPS) is 16.9. The molecule has 0 spiro atoms. The number of rotatable bonds is 4. The zero-order valence-corrected chi connectivity index (χ0v) is 16.2. The Bertz CT molecular complexity index is 1010. The van der Waals surface area contributed by atoms with Crippen molar-refractivity contribution in [1.29, 1.82) is 0 Å². The number of carbonyl (C=O) groups is 2. The number of piperidine rings is 1. The van der Waals surface area contributed by atoms with Crippen molar-refractivity contribution in [3.05, 3.63) is 65.3 Å². The van der Waals surface area contributed by atoms with Gasteiger partial charge in [0.15, 0.2) is 0 Å². The minimum Gasteiger partial charge on any atom is -0.361 e. The van der Waals surface area contributed by atoms with Crippen molar-refractivity contribution in [2.45, 2.75) is 19.3 Å². The summed E-state index contributed by atoms with van der Waals surface area (Å²) in [5, 5.41) is 4.57. The van der Waals surface area contributed by atoms with E-state index in [2.05, 4.69) is 10.3 Å². The molecular weight excluding hydrogens is 374 g/mol. The van der Waals surface area contributed by atoms with Gasteiger partial charge in [-0.15, -0.1) is 0 Å². The molecule has 3 aromatic rings. The van der Waals surface area contributed by atoms with E-state index in [0.29, 0.717) is 30.2 Å². The molecule has 0 unspecified atom stereocenters. The largest absolute Gasteiger partial charge is 0.361 e. The maximum atomic E-state index is 12.8. The molecule has 144 valence electrons. The van der Waals surface area contributed by atoms with Gasteiger partial charge in [0.05, 0.1) is 12.3 Å². The van der Waals surface area contributed by atoms with E-state index in [1.807, 2.05) is 41.4 Å². The summed E-state index contributed by atoms with van der Waals surface area (Å²) in [6.45, 7) is 1.15. The van der Waals surface area contributed by atoms with Gasteiger partial charge in [-0.05, 0) is 42.7 Å². The molecule has 1 fully saturated rings. The second kappa shape index (κ2) is 8.07. The lowest BCUT2D eigenvalue weighted by atomic mass is 9.96. The number of anilines is 1. The number of nitrogens with one attached hydrogen (secondary N) is 2. The van der Waals surface area contributed by atoms with Crippen LogP contribution in [0.2, 0.25) is 5.02 Å². The summed E-state index contributed by atoms with van der Waals surface area (Å²) in [7, 11) is 0. The first-order valence-corrected chi connectivity index (χ1v) is 9.87. The first kappa shape index (κ1) is 18.6. The van der Waals surface area contributed by atoms with Gasteiger partial charge in [-0.1, -0.05) is 35.9 Å². The predicted octanol–water partition coefficient (Wildman–Crippen LogP) is 4.24. The fourth-order valence-electron chi connectivity index (χ4n) is 3.78. The van der Waals surface area contributed by atoms with Gasteiger partial charge in [0.2, 0.25) is 11.8 Å². The average Bonchev–Trinajstić information content (AvgIpc) is 3.11. The van der Waals surface area contributed by atoms with Crippen LogP contribution in [-0.2, 0) is 16.0 Å². The second-order valence-electron chi connectivity index (χ2n) is 7.21. The number of halogens is 1. The monoisotopic (exact) mass is 395 g/mol. The van der Waals surface area contributed by atoms with Gasteiger partial charge in [-0.2, -0.15) is 0 Å². The highest BCUT2D eigenvalue weighted by Crippen LogP contribution is 2.23. The van der Waals surface area contributed by atoms with Crippen molar-refractivity contribution < 1.29 is 9.59 Å². The molecule has 6 heteroatoms. The van der Waals surface area contributed by atoms with Crippen molar-refractivity contribution in [2.75, 3.05) is 18.4 Å². The molecule has 1 aromatic heterocycles. The van der Waals surface area contributed by atoms with E-state index in [1.165, 1.54) is 0 Å². The molecule has 2 amide bonds. The molecule has 28 heavy (non-hydrogen) atoms. The lowest BCUT2D eigenvalue weighted by Crippen LogP contribution is -2.44. The van der Waals surface area contributed by atoms with Crippen molar-refractivity contribution in [3.8, 4) is 0 Å². The fraction of sp³-hybridized carbons (Fsp3) is 0.273. The lowest BCUT2D eigenvalue weighted by molar-refractivity contribution is -0.133. The molecule has 2 heterocycles. The van der Waals surface area contributed by atoms with Crippen LogP contribution < -0.4 is 5.32 Å². The van der Waals surface area contributed by atoms with Crippen LogP contribution >= 0.6 is 11.6 Å². The van der Waals surface area contributed by atoms with Crippen LogP contribution in [0, 0.1) is 5.92 Å². The molecule has 1 aliphatic heterocycles. The average molecular weight is 396 g/mol. The number of aromatic amines is 1. The second-order valence-corrected chi connectivity index (χ2v) is 7.65. The summed E-state index contributed by atoms with van der Waals surface area (Å²) < 4.78 is 0. The van der Waals surface area contributed by atoms with Gasteiger partial charge in [0.1, 0.15) is 0 Å². The summed E-state index contributed by atoms with van der Waals surface area (Å²) in [4.78, 5) is 30.5. The highest BCUT2D eigenvalue weighted by molar-refractivity contribution is 6.30. The molecule has 5 nitrogen and oxygen atoms in total. The first-order valence-electron chi connectivity index (χ1n) is 9.49. The summed E-state index contributed by atoms with van der Waals surface area (Å²) in [5.41, 5.74) is 2.70. The Labute approximate surface area is 168 Å². The summed E-state index contributed by atoms with van der Waals surface area (Å²) in [6.07, 6.45) is 3.85. The Morgan fingerprint density at radius 3 is 2.89 bits per heavy atom. The van der Waals surface area contributed by atoms with E-state index in [0.717, 1.165) is 29.3 Å². The Balaban J connectivity index is 1.40. The molecule has 2 aromatic carbocycles. The first-order chi connectivity index (χ1) is 13.6. The summed E-state index contributed by atoms with van der Waals surface area (Å²) >= 11 is 5.98. The van der Waals surface area contributed by atoms with Crippen molar-refractivity contribution in [2.24, 2.45) is 5.92 Å². The van der Waals surface area contributed by atoms with E-state index < -0.39 is 0 Å². The quantitative estimate of drug-likeness (QED) is 0.693. The Kier molecular flexibility index (Phi) is 5.35. The number of nitrogens with zero attached hydrogens (tertiary/aromatic N) is 1. The van der Waals surface area contributed by atoms with Crippen LogP contribution in [0.1, 0.15) is 18.4 Å². The lowest BCUT2D eigenvalue weighted by Gasteiger charge is -2.32. The number of H-pyrrole nitrogens is 1. The third-order valence-corrected chi connectivity index (χ3v) is 5.49. The van der Waals surface area contributed by atoms with E-state index in [1.54, 1.807) is 18.2 Å². The van der Waals surface area contributed by atoms with Crippen molar-refractivity contribution >= 4 is 40.0 Å². The molecule has 2 N–H and O–H groups in total. The minimum absolute atomic E-state index is 0.0602. The van der Waals surface area contributed by atoms with Crippen LogP contribution in [-0.4, -0.2) is 34.8 Å². The van der Waals surface area contributed by atoms with Gasteiger partial charge >= 0.3 is 0 Å². The maximum absolute atomic E-state index is 12.8. The molecule has 0 bridgehead atoms. The molecule has 1 atom stereocenters. The SMILES string of the molecule is O=C(Nc1cccc(Cl)c1)[C@H]1CCCN(C(=O)Cc2c[nH]c3ccccc23)C1. The number of fused-ring (bicyclic) bond motifs is 1. The van der Waals surface area contributed by atoms with Crippen LogP contribution in [0.3, 0.4) is 0 Å². The van der Waals surface area contributed by atoms with Crippen molar-refractivity contribution in [3.63, 3.8) is 0 Å². The zero-order valence-electron chi connectivity index (χ0n) is 15.5. The molecule has 0 saturated carbocycles. The molecule has 1 aliphatic rings. The van der Waals surface area contributed by atoms with Gasteiger partial charge in [-0.3, -0.25) is 9.59 Å². The molecule has 0 radical (unpaired) electrons. The van der Waals surface area contributed by atoms with E-state index >= 15 is 0 Å². The Morgan fingerprint density at radius 1 is 1.18 bits per heavy atom. The third-order valence-electron chi connectivity index (χ3n) is 5.25. The zero-order chi connectivity index (χ0) is 19.5. The number of carbonyl (C=O) groups excluding carboxylic acids is 2. The topological polar surface area (TPSA) is 65.2 Å². The number of hydrogen-bond donors (Lipinski definition) is 2. The minimum atomic E-state index is -0.209. The van der Waals surface area contributed by atoms with Crippen molar-refractivity contribution in [1.82, 2.24) is 9.88 Å². The van der Waals surface area contributed by atoms with Gasteiger partial charge in [0, 0.05) is 40.9 Å². The fourth-order valence-corrected chi connectivity index (χ4v) is 3.97. The van der Waals surface area contributed by atoms with Crippen LogP contribution in [0.5, 0.6) is 0 Å². The smallest absolute Gasteiger partial charge is 0.229 e. The highest BCUT2D eigenvalue weighted by Gasteiger charge is 2.28. The predicted molar refractivity (Wildman–Crippen MR) is 111 cm³/mol. The number of benzene rings is 2. The number of hydrogen-bond acceptors (Lipinski definition) is 2. The third kappa shape index (κ3) is 4.04. The van der Waals surface area contributed by atoms with E-state index in [4.69, 9.17) is 11.6 Å². The number of likely N-dealkylation sites (tertiary alicyclic amines) is 1. The van der Waals surface area contributed by atoms with Gasteiger partial charge < -0.3 is 15.2 Å². The van der Waals surface area contributed by atoms with Crippen LogP contribution in [0.4, 0.5) is 5.69 Å². The van der Waals surface area contributed by atoms with E-state index in [9.17, 15) is 9.59 Å². The van der Waals surface area contributed by atoms with Crippen LogP contribution in [0.25, 0.3) is 10.9 Å². The Morgan fingerprint density at radius 2 is 2.04 bits per heavy atom. The van der Waals surface area contributed by atoms with Crippen LogP contribution in [0.15, 0.2) is 54.7 Å². The Hall–Kier alpha value is -2.79. The molecule has 0 aliphatic carbocycles. The number of para-hydroxylation sites is 1. The summed E-state index contributed by atoms with van der Waals surface area (Å²) in [5.74, 6) is -0.212. The summed E-state index contributed by atoms with van der Waals surface area (Å²) in [6, 6.07) is 15.1. The molecule has 1 saturated heterocycles.